The summed E-state index contributed by atoms with van der Waals surface area (Å²) in [6, 6.07) is 1.88. The molecule has 0 aromatic carbocycles. The number of rotatable bonds is 4. The maximum absolute atomic E-state index is 11.7. The lowest BCUT2D eigenvalue weighted by Crippen LogP contribution is -2.37. The Balaban J connectivity index is 1.92. The third kappa shape index (κ3) is 2.66. The number of carbonyl (C=O) groups excluding carboxylic acids is 3. The molecule has 0 N–H and O–H groups in total. The Kier molecular flexibility index (Phi) is 4.04. The molecule has 1 saturated heterocycles. The van der Waals surface area contributed by atoms with Crippen molar-refractivity contribution in [3.8, 4) is 0 Å². The van der Waals surface area contributed by atoms with Crippen molar-refractivity contribution in [2.45, 2.75) is 25.8 Å². The van der Waals surface area contributed by atoms with E-state index in [1.807, 2.05) is 6.07 Å². The van der Waals surface area contributed by atoms with Gasteiger partial charge in [0.25, 0.3) is 0 Å². The van der Waals surface area contributed by atoms with E-state index < -0.39 is 0 Å². The van der Waals surface area contributed by atoms with Crippen LogP contribution < -0.4 is 4.90 Å². The van der Waals surface area contributed by atoms with Gasteiger partial charge in [-0.05, 0) is 30.9 Å². The third-order valence-electron chi connectivity index (χ3n) is 3.96. The number of pyridine rings is 1. The van der Waals surface area contributed by atoms with E-state index in [0.717, 1.165) is 31.2 Å². The van der Waals surface area contributed by atoms with Crippen molar-refractivity contribution in [2.75, 3.05) is 24.6 Å². The molecule has 0 bridgehead atoms. The molecule has 1 aromatic heterocycles. The SMILES string of the molecule is O=Cc1nc2c(cc1CN1CCCOC1=O)CCCN2C=O. The molecule has 2 aliphatic heterocycles. The standard InChI is InChI=1S/C15H17N3O4/c19-9-13-12(8-17-5-2-6-22-15(17)21)7-11-3-1-4-18(10-20)14(11)16-13/h7,9-10H,1-6,8H2. The van der Waals surface area contributed by atoms with Crippen molar-refractivity contribution >= 4 is 24.6 Å². The third-order valence-corrected chi connectivity index (χ3v) is 3.96. The Morgan fingerprint density at radius 1 is 1.27 bits per heavy atom. The van der Waals surface area contributed by atoms with Crippen molar-refractivity contribution in [1.29, 1.82) is 0 Å². The lowest BCUT2D eigenvalue weighted by molar-refractivity contribution is -0.107. The molecule has 0 atom stereocenters. The van der Waals surface area contributed by atoms with Crippen LogP contribution >= 0.6 is 0 Å². The Hall–Kier alpha value is -2.44. The number of ether oxygens (including phenoxy) is 1. The Labute approximate surface area is 127 Å². The Bertz CT molecular complexity index is 617. The fourth-order valence-electron chi connectivity index (χ4n) is 2.86. The molecule has 3 rings (SSSR count). The van der Waals surface area contributed by atoms with E-state index in [2.05, 4.69) is 4.98 Å². The second kappa shape index (κ2) is 6.13. The number of aromatic nitrogens is 1. The quantitative estimate of drug-likeness (QED) is 0.779. The fourth-order valence-corrected chi connectivity index (χ4v) is 2.86. The summed E-state index contributed by atoms with van der Waals surface area (Å²) in [4.78, 5) is 41.6. The second-order valence-electron chi connectivity index (χ2n) is 5.43. The minimum absolute atomic E-state index is 0.269. The summed E-state index contributed by atoms with van der Waals surface area (Å²) in [7, 11) is 0. The first-order chi connectivity index (χ1) is 10.7. The first kappa shape index (κ1) is 14.5. The summed E-state index contributed by atoms with van der Waals surface area (Å²) in [5.41, 5.74) is 1.90. The highest BCUT2D eigenvalue weighted by Crippen LogP contribution is 2.27. The average molecular weight is 303 g/mol. The normalized spacial score (nSPS) is 17.7. The number of cyclic esters (lactones) is 1. The minimum atomic E-state index is -0.365. The van der Waals surface area contributed by atoms with Crippen LogP contribution in [0, 0.1) is 0 Å². The van der Waals surface area contributed by atoms with Gasteiger partial charge in [-0.3, -0.25) is 14.5 Å². The molecule has 1 fully saturated rings. The second-order valence-corrected chi connectivity index (χ2v) is 5.43. The van der Waals surface area contributed by atoms with Crippen LogP contribution in [0.4, 0.5) is 10.6 Å². The molecular weight excluding hydrogens is 286 g/mol. The molecule has 3 heterocycles. The zero-order valence-electron chi connectivity index (χ0n) is 12.2. The van der Waals surface area contributed by atoms with E-state index in [1.165, 1.54) is 4.90 Å². The number of aldehydes is 1. The number of carbonyl (C=O) groups is 3. The molecule has 0 spiro atoms. The van der Waals surface area contributed by atoms with Gasteiger partial charge in [-0.2, -0.15) is 0 Å². The molecular formula is C15H17N3O4. The van der Waals surface area contributed by atoms with Gasteiger partial charge in [-0.25, -0.2) is 9.78 Å². The van der Waals surface area contributed by atoms with Crippen LogP contribution in [0.1, 0.15) is 34.5 Å². The number of hydrogen-bond donors (Lipinski definition) is 0. The average Bonchev–Trinajstić information content (AvgIpc) is 2.55. The van der Waals surface area contributed by atoms with E-state index in [9.17, 15) is 14.4 Å². The smallest absolute Gasteiger partial charge is 0.410 e. The lowest BCUT2D eigenvalue weighted by Gasteiger charge is -2.29. The predicted octanol–water partition coefficient (Wildman–Crippen LogP) is 1.15. The van der Waals surface area contributed by atoms with Crippen LogP contribution in [0.15, 0.2) is 6.07 Å². The van der Waals surface area contributed by atoms with Crippen molar-refractivity contribution in [3.05, 3.63) is 22.9 Å². The van der Waals surface area contributed by atoms with Gasteiger partial charge in [0.05, 0.1) is 13.2 Å². The Morgan fingerprint density at radius 3 is 2.86 bits per heavy atom. The van der Waals surface area contributed by atoms with Crippen LogP contribution in [0.5, 0.6) is 0 Å². The zero-order chi connectivity index (χ0) is 15.5. The monoisotopic (exact) mass is 303 g/mol. The largest absolute Gasteiger partial charge is 0.449 e. The first-order valence-corrected chi connectivity index (χ1v) is 7.34. The summed E-state index contributed by atoms with van der Waals surface area (Å²) < 4.78 is 5.01. The van der Waals surface area contributed by atoms with E-state index >= 15 is 0 Å². The molecule has 1 aromatic rings. The van der Waals surface area contributed by atoms with Gasteiger partial charge in [-0.15, -0.1) is 0 Å². The summed E-state index contributed by atoms with van der Waals surface area (Å²) in [5.74, 6) is 0.549. The summed E-state index contributed by atoms with van der Waals surface area (Å²) in [5, 5.41) is 0. The lowest BCUT2D eigenvalue weighted by atomic mass is 10.0. The minimum Gasteiger partial charge on any atom is -0.449 e. The molecule has 2 amide bonds. The number of amides is 2. The molecule has 2 aliphatic rings. The number of nitrogens with zero attached hydrogens (tertiary/aromatic N) is 3. The molecule has 0 radical (unpaired) electrons. The van der Waals surface area contributed by atoms with Gasteiger partial charge in [-0.1, -0.05) is 0 Å². The van der Waals surface area contributed by atoms with Gasteiger partial charge in [0.15, 0.2) is 6.29 Å². The zero-order valence-corrected chi connectivity index (χ0v) is 12.2. The summed E-state index contributed by atoms with van der Waals surface area (Å²) >= 11 is 0. The molecule has 116 valence electrons. The molecule has 0 unspecified atom stereocenters. The van der Waals surface area contributed by atoms with Gasteiger partial charge in [0.1, 0.15) is 11.5 Å². The van der Waals surface area contributed by atoms with E-state index in [1.54, 1.807) is 4.90 Å². The number of anilines is 1. The maximum Gasteiger partial charge on any atom is 0.410 e. The van der Waals surface area contributed by atoms with Crippen molar-refractivity contribution in [3.63, 3.8) is 0 Å². The van der Waals surface area contributed by atoms with Crippen LogP contribution in [-0.2, 0) is 22.5 Å². The van der Waals surface area contributed by atoms with Crippen LogP contribution in [0.3, 0.4) is 0 Å². The summed E-state index contributed by atoms with van der Waals surface area (Å²) in [6.45, 7) is 1.95. The van der Waals surface area contributed by atoms with Gasteiger partial charge < -0.3 is 9.64 Å². The molecule has 7 nitrogen and oxygen atoms in total. The number of fused-ring (bicyclic) bond motifs is 1. The highest BCUT2D eigenvalue weighted by molar-refractivity contribution is 5.81. The molecule has 22 heavy (non-hydrogen) atoms. The van der Waals surface area contributed by atoms with Crippen LogP contribution in [0.2, 0.25) is 0 Å². The summed E-state index contributed by atoms with van der Waals surface area (Å²) in [6.07, 6.45) is 3.49. The maximum atomic E-state index is 11.7. The highest BCUT2D eigenvalue weighted by atomic mass is 16.6. The van der Waals surface area contributed by atoms with Gasteiger partial charge in [0, 0.05) is 18.7 Å². The van der Waals surface area contributed by atoms with Crippen LogP contribution in [-0.4, -0.2) is 48.4 Å². The number of aryl methyl sites for hydroxylation is 1. The van der Waals surface area contributed by atoms with Crippen molar-refractivity contribution < 1.29 is 19.1 Å². The fraction of sp³-hybridized carbons (Fsp3) is 0.467. The van der Waals surface area contributed by atoms with Gasteiger partial charge >= 0.3 is 6.09 Å². The van der Waals surface area contributed by atoms with E-state index in [4.69, 9.17) is 4.74 Å². The number of hydrogen-bond acceptors (Lipinski definition) is 5. The Morgan fingerprint density at radius 2 is 2.14 bits per heavy atom. The van der Waals surface area contributed by atoms with Crippen LogP contribution in [0.25, 0.3) is 0 Å². The van der Waals surface area contributed by atoms with E-state index in [-0.39, 0.29) is 11.8 Å². The topological polar surface area (TPSA) is 79.8 Å². The first-order valence-electron chi connectivity index (χ1n) is 7.34. The molecule has 0 saturated carbocycles. The van der Waals surface area contributed by atoms with Crippen molar-refractivity contribution in [1.82, 2.24) is 9.88 Å². The van der Waals surface area contributed by atoms with Crippen molar-refractivity contribution in [2.24, 2.45) is 0 Å². The molecule has 0 aliphatic carbocycles. The predicted molar refractivity (Wildman–Crippen MR) is 77.7 cm³/mol. The highest BCUT2D eigenvalue weighted by Gasteiger charge is 2.24. The van der Waals surface area contributed by atoms with E-state index in [0.29, 0.717) is 43.9 Å². The molecule has 7 heteroatoms. The van der Waals surface area contributed by atoms with Gasteiger partial charge in [0.2, 0.25) is 6.41 Å².